The molecule has 1 aliphatic rings. The van der Waals surface area contributed by atoms with Gasteiger partial charge in [0.1, 0.15) is 12.1 Å². The number of methoxy groups -OCH3 is 1. The third-order valence-corrected chi connectivity index (χ3v) is 6.67. The summed E-state index contributed by atoms with van der Waals surface area (Å²) in [6.07, 6.45) is 4.34. The van der Waals surface area contributed by atoms with Crippen LogP contribution in [0.25, 0.3) is 0 Å². The number of amides is 2. The lowest BCUT2D eigenvalue weighted by atomic mass is 10.0. The Kier molecular flexibility index (Phi) is 7.29. The van der Waals surface area contributed by atoms with Gasteiger partial charge >= 0.3 is 0 Å². The van der Waals surface area contributed by atoms with E-state index < -0.39 is 0 Å². The van der Waals surface area contributed by atoms with E-state index in [1.165, 1.54) is 11.8 Å². The van der Waals surface area contributed by atoms with Gasteiger partial charge in [0.05, 0.1) is 12.9 Å². The van der Waals surface area contributed by atoms with E-state index in [4.69, 9.17) is 4.74 Å². The number of likely N-dealkylation sites (tertiary alicyclic amines) is 1. The number of carbonyl (C=O) groups excluding carboxylic acids is 2. The van der Waals surface area contributed by atoms with Crippen molar-refractivity contribution >= 4 is 29.3 Å². The van der Waals surface area contributed by atoms with E-state index in [1.807, 2.05) is 30.1 Å². The number of nitrogens with one attached hydrogen (secondary N) is 1. The van der Waals surface area contributed by atoms with E-state index in [-0.39, 0.29) is 23.6 Å². The summed E-state index contributed by atoms with van der Waals surface area (Å²) >= 11 is 1.31. The average molecular weight is 466 g/mol. The molecule has 172 valence electrons. The zero-order valence-electron chi connectivity index (χ0n) is 18.7. The molecule has 1 saturated heterocycles. The van der Waals surface area contributed by atoms with Crippen LogP contribution in [0.5, 0.6) is 5.75 Å². The molecule has 8 nitrogen and oxygen atoms in total. The van der Waals surface area contributed by atoms with Gasteiger partial charge in [-0.2, -0.15) is 0 Å². The molecule has 1 aromatic heterocycles. The number of nitrogens with zero attached hydrogens (tertiary/aromatic N) is 4. The van der Waals surface area contributed by atoms with E-state index in [9.17, 15) is 9.59 Å². The minimum Gasteiger partial charge on any atom is -0.497 e. The highest BCUT2D eigenvalue weighted by atomic mass is 32.2. The molecule has 1 N–H and O–H groups in total. The Labute approximate surface area is 197 Å². The fourth-order valence-electron chi connectivity index (χ4n) is 4.01. The minimum atomic E-state index is -0.162. The van der Waals surface area contributed by atoms with Gasteiger partial charge in [-0.25, -0.2) is 0 Å². The SMILES string of the molecule is COc1cccc(CC2CCCN2C(=O)c2cccc(NC(=O)CSc3nncn3C)c2)c1. The van der Waals surface area contributed by atoms with Crippen molar-refractivity contribution in [2.45, 2.75) is 30.5 Å². The molecule has 0 bridgehead atoms. The summed E-state index contributed by atoms with van der Waals surface area (Å²) in [7, 11) is 3.49. The van der Waals surface area contributed by atoms with Crippen LogP contribution in [0.3, 0.4) is 0 Å². The predicted octanol–water partition coefficient (Wildman–Crippen LogP) is 3.40. The molecule has 1 aliphatic heterocycles. The van der Waals surface area contributed by atoms with E-state index in [0.29, 0.717) is 16.4 Å². The number of aromatic nitrogens is 3. The Morgan fingerprint density at radius 2 is 2.06 bits per heavy atom. The molecule has 1 unspecified atom stereocenters. The fourth-order valence-corrected chi connectivity index (χ4v) is 4.70. The normalized spacial score (nSPS) is 15.5. The van der Waals surface area contributed by atoms with Crippen LogP contribution in [0.1, 0.15) is 28.8 Å². The van der Waals surface area contributed by atoms with Crippen LogP contribution in [-0.4, -0.2) is 56.9 Å². The Morgan fingerprint density at radius 3 is 2.85 bits per heavy atom. The first kappa shape index (κ1) is 22.8. The number of hydrogen-bond donors (Lipinski definition) is 1. The summed E-state index contributed by atoms with van der Waals surface area (Å²) in [6.45, 7) is 0.735. The van der Waals surface area contributed by atoms with Crippen LogP contribution in [0.2, 0.25) is 0 Å². The molecule has 0 saturated carbocycles. The molecule has 33 heavy (non-hydrogen) atoms. The second kappa shape index (κ2) is 10.5. The highest BCUT2D eigenvalue weighted by Crippen LogP contribution is 2.25. The van der Waals surface area contributed by atoms with Crippen LogP contribution in [0, 0.1) is 0 Å². The lowest BCUT2D eigenvalue weighted by molar-refractivity contribution is -0.113. The first-order valence-corrected chi connectivity index (χ1v) is 11.8. The lowest BCUT2D eigenvalue weighted by Gasteiger charge is -2.25. The highest BCUT2D eigenvalue weighted by Gasteiger charge is 2.29. The number of aryl methyl sites for hydroxylation is 1. The molecule has 2 amide bonds. The largest absolute Gasteiger partial charge is 0.497 e. The third kappa shape index (κ3) is 5.73. The van der Waals surface area contributed by atoms with Crippen LogP contribution < -0.4 is 10.1 Å². The van der Waals surface area contributed by atoms with Gasteiger partial charge in [-0.1, -0.05) is 30.0 Å². The molecular weight excluding hydrogens is 438 g/mol. The molecule has 2 aromatic carbocycles. The van der Waals surface area contributed by atoms with Crippen molar-refractivity contribution in [3.05, 3.63) is 66.0 Å². The van der Waals surface area contributed by atoms with Crippen molar-refractivity contribution in [2.75, 3.05) is 24.7 Å². The van der Waals surface area contributed by atoms with Crippen molar-refractivity contribution in [3.63, 3.8) is 0 Å². The standard InChI is InChI=1S/C24H27N5O3S/c1-28-16-25-27-24(28)33-15-22(30)26-19-8-4-7-18(14-19)23(31)29-11-5-9-20(29)12-17-6-3-10-21(13-17)32-2/h3-4,6-8,10,13-14,16,20H,5,9,11-12,15H2,1-2H3,(H,26,30). The van der Waals surface area contributed by atoms with Crippen LogP contribution in [-0.2, 0) is 18.3 Å². The maximum Gasteiger partial charge on any atom is 0.254 e. The molecule has 9 heteroatoms. The van der Waals surface area contributed by atoms with Crippen molar-refractivity contribution in [2.24, 2.45) is 7.05 Å². The molecule has 0 radical (unpaired) electrons. The van der Waals surface area contributed by atoms with E-state index in [2.05, 4.69) is 21.6 Å². The quantitative estimate of drug-likeness (QED) is 0.513. The van der Waals surface area contributed by atoms with Gasteiger partial charge in [0, 0.05) is 30.9 Å². The average Bonchev–Trinajstić information content (AvgIpc) is 3.46. The summed E-state index contributed by atoms with van der Waals surface area (Å²) in [5.41, 5.74) is 2.33. The van der Waals surface area contributed by atoms with Gasteiger partial charge in [0.25, 0.3) is 5.91 Å². The predicted molar refractivity (Wildman–Crippen MR) is 128 cm³/mol. The van der Waals surface area contributed by atoms with Gasteiger partial charge in [-0.05, 0) is 55.2 Å². The molecule has 0 spiro atoms. The van der Waals surface area contributed by atoms with Gasteiger partial charge in [0.2, 0.25) is 5.91 Å². The van der Waals surface area contributed by atoms with Crippen molar-refractivity contribution < 1.29 is 14.3 Å². The second-order valence-electron chi connectivity index (χ2n) is 7.99. The molecule has 1 fully saturated rings. The molecule has 4 rings (SSSR count). The Balaban J connectivity index is 1.38. The van der Waals surface area contributed by atoms with E-state index in [0.717, 1.165) is 37.1 Å². The van der Waals surface area contributed by atoms with Crippen molar-refractivity contribution in [1.29, 1.82) is 0 Å². The van der Waals surface area contributed by atoms with Crippen molar-refractivity contribution in [3.8, 4) is 5.75 Å². The van der Waals surface area contributed by atoms with Crippen LogP contribution in [0.4, 0.5) is 5.69 Å². The monoisotopic (exact) mass is 465 g/mol. The van der Waals surface area contributed by atoms with Gasteiger partial charge in [0.15, 0.2) is 5.16 Å². The molecule has 0 aliphatic carbocycles. The maximum absolute atomic E-state index is 13.3. The van der Waals surface area contributed by atoms with Crippen LogP contribution in [0.15, 0.2) is 60.0 Å². The number of rotatable bonds is 8. The Hall–Kier alpha value is -3.33. The van der Waals surface area contributed by atoms with E-state index >= 15 is 0 Å². The number of ether oxygens (including phenoxy) is 1. The van der Waals surface area contributed by atoms with Crippen LogP contribution >= 0.6 is 11.8 Å². The number of carbonyl (C=O) groups is 2. The number of thioether (sulfide) groups is 1. The highest BCUT2D eigenvalue weighted by molar-refractivity contribution is 7.99. The Morgan fingerprint density at radius 1 is 1.21 bits per heavy atom. The smallest absolute Gasteiger partial charge is 0.254 e. The maximum atomic E-state index is 13.3. The summed E-state index contributed by atoms with van der Waals surface area (Å²) in [5, 5.41) is 11.3. The fraction of sp³-hybridized carbons (Fsp3) is 0.333. The third-order valence-electron chi connectivity index (χ3n) is 5.64. The van der Waals surface area contributed by atoms with Gasteiger partial charge in [-0.3, -0.25) is 9.59 Å². The summed E-state index contributed by atoms with van der Waals surface area (Å²) in [6, 6.07) is 15.3. The molecular formula is C24H27N5O3S. The number of hydrogen-bond acceptors (Lipinski definition) is 6. The van der Waals surface area contributed by atoms with Gasteiger partial charge in [-0.15, -0.1) is 10.2 Å². The number of anilines is 1. The first-order chi connectivity index (χ1) is 16.0. The molecule has 2 heterocycles. The zero-order valence-corrected chi connectivity index (χ0v) is 19.5. The molecule has 1 atom stereocenters. The zero-order chi connectivity index (χ0) is 23.2. The summed E-state index contributed by atoms with van der Waals surface area (Å²) in [5.74, 6) is 0.859. The first-order valence-electron chi connectivity index (χ1n) is 10.8. The topological polar surface area (TPSA) is 89.3 Å². The summed E-state index contributed by atoms with van der Waals surface area (Å²) in [4.78, 5) is 27.6. The lowest BCUT2D eigenvalue weighted by Crippen LogP contribution is -2.36. The second-order valence-corrected chi connectivity index (χ2v) is 8.93. The van der Waals surface area contributed by atoms with Crippen molar-refractivity contribution in [1.82, 2.24) is 19.7 Å². The summed E-state index contributed by atoms with van der Waals surface area (Å²) < 4.78 is 7.09. The molecule has 3 aromatic rings. The number of benzene rings is 2. The van der Waals surface area contributed by atoms with E-state index in [1.54, 1.807) is 42.3 Å². The van der Waals surface area contributed by atoms with Gasteiger partial charge < -0.3 is 19.5 Å². The Bertz CT molecular complexity index is 1130. The minimum absolute atomic E-state index is 0.00930.